The van der Waals surface area contributed by atoms with Gasteiger partial charge in [-0.2, -0.15) is 0 Å². The van der Waals surface area contributed by atoms with Gasteiger partial charge in [-0.1, -0.05) is 77.7 Å². The minimum atomic E-state index is -0.701. The molecule has 2 atom stereocenters. The average molecular weight is 408 g/mol. The maximum atomic E-state index is 11.2. The van der Waals surface area contributed by atoms with Gasteiger partial charge in [0.2, 0.25) is 0 Å². The van der Waals surface area contributed by atoms with Gasteiger partial charge < -0.3 is 5.11 Å². The van der Waals surface area contributed by atoms with Crippen molar-refractivity contribution in [3.05, 3.63) is 24.3 Å². The second-order valence-corrected chi connectivity index (χ2v) is 8.84. The fraction of sp³-hybridized carbons (Fsp3) is 0.808. The fourth-order valence-corrected chi connectivity index (χ4v) is 3.53. The van der Waals surface area contributed by atoms with E-state index in [9.17, 15) is 9.90 Å². The van der Waals surface area contributed by atoms with E-state index in [1.54, 1.807) is 0 Å². The van der Waals surface area contributed by atoms with Crippen LogP contribution in [0.25, 0.3) is 0 Å². The molecule has 1 N–H and O–H groups in total. The Morgan fingerprint density at radius 1 is 0.759 bits per heavy atom. The molecule has 0 aliphatic carbocycles. The van der Waals surface area contributed by atoms with Gasteiger partial charge in [-0.15, -0.1) is 0 Å². The zero-order valence-corrected chi connectivity index (χ0v) is 19.9. The topological polar surface area (TPSA) is 40.5 Å². The second-order valence-electron chi connectivity index (χ2n) is 8.84. The molecule has 2 unspecified atom stereocenters. The SMILES string of the molecule is CCC/C=C/CCCC(C)CCN(CCC(C)CCC/C=C/CCC)CC(=O)O. The first-order chi connectivity index (χ1) is 14.0. The van der Waals surface area contributed by atoms with Gasteiger partial charge in [-0.25, -0.2) is 0 Å². The van der Waals surface area contributed by atoms with Crippen LogP contribution in [-0.4, -0.2) is 35.6 Å². The Morgan fingerprint density at radius 3 is 1.55 bits per heavy atom. The molecule has 0 aliphatic rings. The summed E-state index contributed by atoms with van der Waals surface area (Å²) in [4.78, 5) is 13.4. The van der Waals surface area contributed by atoms with E-state index in [0.29, 0.717) is 11.8 Å². The summed E-state index contributed by atoms with van der Waals surface area (Å²) in [6.45, 7) is 11.0. The highest BCUT2D eigenvalue weighted by Gasteiger charge is 2.13. The summed E-state index contributed by atoms with van der Waals surface area (Å²) in [6.07, 6.45) is 23.5. The summed E-state index contributed by atoms with van der Waals surface area (Å²) < 4.78 is 0. The molecular weight excluding hydrogens is 358 g/mol. The highest BCUT2D eigenvalue weighted by molar-refractivity contribution is 5.69. The van der Waals surface area contributed by atoms with Crippen molar-refractivity contribution < 1.29 is 9.90 Å². The number of hydrogen-bond acceptors (Lipinski definition) is 2. The first kappa shape index (κ1) is 27.9. The molecule has 0 aliphatic heterocycles. The molecule has 0 aromatic heterocycles. The molecule has 0 saturated heterocycles. The predicted octanol–water partition coefficient (Wildman–Crippen LogP) is 7.48. The zero-order chi connectivity index (χ0) is 21.7. The van der Waals surface area contributed by atoms with Crippen LogP contribution in [0.1, 0.15) is 105 Å². The third kappa shape index (κ3) is 20.0. The number of carboxylic acids is 1. The molecule has 0 amide bonds. The Morgan fingerprint density at radius 2 is 1.17 bits per heavy atom. The number of carbonyl (C=O) groups is 1. The van der Waals surface area contributed by atoms with Crippen LogP contribution >= 0.6 is 0 Å². The molecule has 3 nitrogen and oxygen atoms in total. The van der Waals surface area contributed by atoms with Crippen LogP contribution in [0, 0.1) is 11.8 Å². The van der Waals surface area contributed by atoms with Crippen LogP contribution in [0.15, 0.2) is 24.3 Å². The number of carboxylic acid groups (broad SMARTS) is 1. The maximum Gasteiger partial charge on any atom is 0.317 e. The minimum absolute atomic E-state index is 0.180. The Hall–Kier alpha value is -1.09. The van der Waals surface area contributed by atoms with E-state index in [4.69, 9.17) is 0 Å². The van der Waals surface area contributed by atoms with Crippen LogP contribution in [-0.2, 0) is 4.79 Å². The second kappa shape index (κ2) is 20.2. The number of aliphatic carboxylic acids is 1. The Balaban J connectivity index is 4.04. The number of allylic oxidation sites excluding steroid dienone is 4. The monoisotopic (exact) mass is 407 g/mol. The molecule has 0 spiro atoms. The molecule has 29 heavy (non-hydrogen) atoms. The molecule has 0 bridgehead atoms. The zero-order valence-electron chi connectivity index (χ0n) is 19.9. The van der Waals surface area contributed by atoms with Crippen molar-refractivity contribution in [2.24, 2.45) is 11.8 Å². The van der Waals surface area contributed by atoms with E-state index in [0.717, 1.165) is 25.9 Å². The van der Waals surface area contributed by atoms with Crippen LogP contribution in [0.5, 0.6) is 0 Å². The Labute approximate surface area is 181 Å². The van der Waals surface area contributed by atoms with Crippen LogP contribution in [0.4, 0.5) is 0 Å². The molecule has 0 rings (SSSR count). The van der Waals surface area contributed by atoms with E-state index in [1.165, 1.54) is 64.2 Å². The molecule has 3 heteroatoms. The van der Waals surface area contributed by atoms with Gasteiger partial charge in [0.25, 0.3) is 0 Å². The summed E-state index contributed by atoms with van der Waals surface area (Å²) in [6, 6.07) is 0. The number of hydrogen-bond donors (Lipinski definition) is 1. The summed E-state index contributed by atoms with van der Waals surface area (Å²) in [5.74, 6) is 0.629. The Kier molecular flexibility index (Phi) is 19.4. The van der Waals surface area contributed by atoms with Gasteiger partial charge in [-0.05, 0) is 76.3 Å². The van der Waals surface area contributed by atoms with E-state index < -0.39 is 5.97 Å². The van der Waals surface area contributed by atoms with E-state index in [2.05, 4.69) is 56.9 Å². The predicted molar refractivity (Wildman–Crippen MR) is 127 cm³/mol. The molecule has 0 saturated carbocycles. The minimum Gasteiger partial charge on any atom is -0.480 e. The number of nitrogens with zero attached hydrogens (tertiary/aromatic N) is 1. The van der Waals surface area contributed by atoms with Gasteiger partial charge in [0.1, 0.15) is 0 Å². The molecule has 170 valence electrons. The molecule has 0 heterocycles. The molecule has 0 fully saturated rings. The average Bonchev–Trinajstić information content (AvgIpc) is 2.69. The maximum absolute atomic E-state index is 11.2. The summed E-state index contributed by atoms with van der Waals surface area (Å²) in [5, 5.41) is 9.25. The van der Waals surface area contributed by atoms with Crippen LogP contribution < -0.4 is 0 Å². The Bertz CT molecular complexity index is 398. The van der Waals surface area contributed by atoms with Crippen molar-refractivity contribution in [1.82, 2.24) is 4.90 Å². The summed E-state index contributed by atoms with van der Waals surface area (Å²) in [7, 11) is 0. The largest absolute Gasteiger partial charge is 0.480 e. The standard InChI is InChI=1S/C26H49NO2/c1-5-7-9-11-13-15-17-24(3)19-21-27(23-26(28)29)22-20-25(4)18-16-14-12-10-8-6-2/h9-12,24-25H,5-8,13-23H2,1-4H3,(H,28,29)/b11-9+,12-10+. The molecular formula is C26H49NO2. The van der Waals surface area contributed by atoms with Crippen molar-refractivity contribution >= 4 is 5.97 Å². The van der Waals surface area contributed by atoms with Crippen LogP contribution in [0.2, 0.25) is 0 Å². The lowest BCUT2D eigenvalue weighted by molar-refractivity contribution is -0.138. The van der Waals surface area contributed by atoms with Crippen molar-refractivity contribution in [1.29, 1.82) is 0 Å². The van der Waals surface area contributed by atoms with Gasteiger partial charge in [-0.3, -0.25) is 9.69 Å². The first-order valence-electron chi connectivity index (χ1n) is 12.2. The van der Waals surface area contributed by atoms with Crippen LogP contribution in [0.3, 0.4) is 0 Å². The molecule has 0 aromatic rings. The lowest BCUT2D eigenvalue weighted by atomic mass is 9.98. The van der Waals surface area contributed by atoms with Crippen molar-refractivity contribution in [3.8, 4) is 0 Å². The lowest BCUT2D eigenvalue weighted by Crippen LogP contribution is -2.33. The van der Waals surface area contributed by atoms with Gasteiger partial charge in [0.05, 0.1) is 6.54 Å². The normalized spacial score (nSPS) is 14.2. The fourth-order valence-electron chi connectivity index (χ4n) is 3.53. The lowest BCUT2D eigenvalue weighted by Gasteiger charge is -2.24. The molecule has 0 radical (unpaired) electrons. The van der Waals surface area contributed by atoms with Gasteiger partial charge >= 0.3 is 5.97 Å². The number of unbranched alkanes of at least 4 members (excludes halogenated alkanes) is 4. The molecule has 0 aromatic carbocycles. The third-order valence-corrected chi connectivity index (χ3v) is 5.61. The summed E-state index contributed by atoms with van der Waals surface area (Å²) in [5.41, 5.74) is 0. The highest BCUT2D eigenvalue weighted by Crippen LogP contribution is 2.16. The smallest absolute Gasteiger partial charge is 0.317 e. The van der Waals surface area contributed by atoms with Crippen molar-refractivity contribution in [3.63, 3.8) is 0 Å². The van der Waals surface area contributed by atoms with Crippen molar-refractivity contribution in [2.75, 3.05) is 19.6 Å². The first-order valence-corrected chi connectivity index (χ1v) is 12.2. The van der Waals surface area contributed by atoms with Gasteiger partial charge in [0, 0.05) is 0 Å². The third-order valence-electron chi connectivity index (χ3n) is 5.61. The number of rotatable bonds is 20. The van der Waals surface area contributed by atoms with E-state index >= 15 is 0 Å². The van der Waals surface area contributed by atoms with Gasteiger partial charge in [0.15, 0.2) is 0 Å². The quantitative estimate of drug-likeness (QED) is 0.168. The van der Waals surface area contributed by atoms with Crippen molar-refractivity contribution in [2.45, 2.75) is 105 Å². The van der Waals surface area contributed by atoms with E-state index in [-0.39, 0.29) is 6.54 Å². The van der Waals surface area contributed by atoms with E-state index in [1.807, 2.05) is 0 Å². The summed E-state index contributed by atoms with van der Waals surface area (Å²) >= 11 is 0. The highest BCUT2D eigenvalue weighted by atomic mass is 16.4.